The fraction of sp³-hybridized carbons (Fsp3) is 0.320. The number of aromatic nitrogens is 1. The maximum absolute atomic E-state index is 13.7. The van der Waals surface area contributed by atoms with Crippen LogP contribution in [0.1, 0.15) is 22.5 Å². The van der Waals surface area contributed by atoms with Crippen LogP contribution in [0.2, 0.25) is 5.02 Å². The summed E-state index contributed by atoms with van der Waals surface area (Å²) in [6.07, 6.45) is 0.742. The molecule has 0 atom stereocenters. The van der Waals surface area contributed by atoms with E-state index in [0.717, 1.165) is 55.0 Å². The Balaban J connectivity index is 1.49. The summed E-state index contributed by atoms with van der Waals surface area (Å²) in [5, 5.41) is 1.58. The van der Waals surface area contributed by atoms with Crippen molar-refractivity contribution in [3.8, 4) is 0 Å². The molecular weight excluding hydrogens is 474 g/mol. The van der Waals surface area contributed by atoms with Gasteiger partial charge in [-0.15, -0.1) is 0 Å². The van der Waals surface area contributed by atoms with Crippen LogP contribution in [0.5, 0.6) is 0 Å². The van der Waals surface area contributed by atoms with Crippen molar-refractivity contribution in [3.05, 3.63) is 69.0 Å². The van der Waals surface area contributed by atoms with Crippen molar-refractivity contribution >= 4 is 55.2 Å². The molecule has 1 saturated heterocycles. The molecule has 0 unspecified atom stereocenters. The Morgan fingerprint density at radius 1 is 1.21 bits per heavy atom. The molecule has 0 spiro atoms. The molecule has 4 aromatic rings. The molecule has 5 rings (SSSR count). The Morgan fingerprint density at radius 3 is 2.79 bits per heavy atom. The number of fused-ring (bicyclic) bond motifs is 2. The molecule has 7 nitrogen and oxygen atoms in total. The van der Waals surface area contributed by atoms with Crippen LogP contribution in [0.4, 0.5) is 5.13 Å². The molecule has 1 amide bonds. The zero-order chi connectivity index (χ0) is 23.7. The summed E-state index contributed by atoms with van der Waals surface area (Å²) < 4.78 is 12.1. The second-order valence-electron chi connectivity index (χ2n) is 8.27. The first-order valence-corrected chi connectivity index (χ1v) is 12.4. The van der Waals surface area contributed by atoms with Gasteiger partial charge in [-0.1, -0.05) is 41.1 Å². The number of ether oxygens (including phenoxy) is 1. The van der Waals surface area contributed by atoms with E-state index in [1.54, 1.807) is 29.2 Å². The van der Waals surface area contributed by atoms with E-state index in [0.29, 0.717) is 27.7 Å². The van der Waals surface area contributed by atoms with Crippen LogP contribution in [0.25, 0.3) is 21.2 Å². The highest BCUT2D eigenvalue weighted by Gasteiger charge is 2.25. The van der Waals surface area contributed by atoms with E-state index in [4.69, 9.17) is 25.7 Å². The van der Waals surface area contributed by atoms with Crippen molar-refractivity contribution in [1.82, 2.24) is 9.88 Å². The van der Waals surface area contributed by atoms with Crippen LogP contribution in [-0.4, -0.2) is 55.2 Å². The molecule has 1 fully saturated rings. The normalized spacial score (nSPS) is 14.6. The number of carbonyl (C=O) groups is 1. The highest BCUT2D eigenvalue weighted by Crippen LogP contribution is 2.36. The lowest BCUT2D eigenvalue weighted by molar-refractivity contribution is 0.0376. The number of halogens is 1. The minimum absolute atomic E-state index is 0.00264. The van der Waals surface area contributed by atoms with E-state index in [1.165, 1.54) is 17.4 Å². The highest BCUT2D eigenvalue weighted by atomic mass is 35.5. The van der Waals surface area contributed by atoms with Gasteiger partial charge in [-0.05, 0) is 37.1 Å². The fourth-order valence-corrected chi connectivity index (χ4v) is 5.45. The van der Waals surface area contributed by atoms with Crippen LogP contribution >= 0.6 is 22.9 Å². The van der Waals surface area contributed by atoms with Gasteiger partial charge in [0, 0.05) is 32.2 Å². The first-order chi connectivity index (χ1) is 16.5. The number of anilines is 1. The van der Waals surface area contributed by atoms with Gasteiger partial charge in [-0.25, -0.2) is 4.98 Å². The summed E-state index contributed by atoms with van der Waals surface area (Å²) in [4.78, 5) is 35.0. The molecule has 34 heavy (non-hydrogen) atoms. The van der Waals surface area contributed by atoms with Crippen LogP contribution in [0, 0.1) is 6.92 Å². The van der Waals surface area contributed by atoms with Crippen LogP contribution in [0.15, 0.2) is 51.7 Å². The molecule has 176 valence electrons. The predicted octanol–water partition coefficient (Wildman–Crippen LogP) is 4.73. The average molecular weight is 498 g/mol. The van der Waals surface area contributed by atoms with Gasteiger partial charge in [0.2, 0.25) is 0 Å². The molecule has 0 radical (unpaired) electrons. The molecule has 2 aromatic carbocycles. The number of nitrogens with zero attached hydrogens (tertiary/aromatic N) is 3. The largest absolute Gasteiger partial charge is 0.451 e. The Hall–Kier alpha value is -2.78. The minimum Gasteiger partial charge on any atom is -0.451 e. The number of hydrogen-bond acceptors (Lipinski definition) is 7. The topological polar surface area (TPSA) is 75.9 Å². The average Bonchev–Trinajstić information content (AvgIpc) is 3.31. The highest BCUT2D eigenvalue weighted by molar-refractivity contribution is 7.23. The Kier molecular flexibility index (Phi) is 6.65. The number of para-hydroxylation sites is 1. The molecule has 0 bridgehead atoms. The van der Waals surface area contributed by atoms with Crippen molar-refractivity contribution in [2.75, 3.05) is 44.3 Å². The summed E-state index contributed by atoms with van der Waals surface area (Å²) in [6.45, 7) is 6.44. The molecule has 1 aliphatic heterocycles. The SMILES string of the molecule is Cc1ccc(Cl)c2sc(N(CCCN3CCOCC3)C(=O)c3cc(=O)c4ccccc4o3)nc12. The lowest BCUT2D eigenvalue weighted by atomic mass is 10.2. The number of benzene rings is 2. The third-order valence-electron chi connectivity index (χ3n) is 5.97. The molecule has 3 heterocycles. The molecule has 0 N–H and O–H groups in total. The van der Waals surface area contributed by atoms with Crippen LogP contribution in [-0.2, 0) is 4.74 Å². The fourth-order valence-electron chi connectivity index (χ4n) is 4.11. The van der Waals surface area contributed by atoms with E-state index >= 15 is 0 Å². The van der Waals surface area contributed by atoms with E-state index in [9.17, 15) is 9.59 Å². The lowest BCUT2D eigenvalue weighted by Crippen LogP contribution is -2.39. The van der Waals surface area contributed by atoms with Gasteiger partial charge in [-0.3, -0.25) is 19.4 Å². The zero-order valence-corrected chi connectivity index (χ0v) is 20.3. The van der Waals surface area contributed by atoms with Gasteiger partial charge < -0.3 is 9.15 Å². The summed E-state index contributed by atoms with van der Waals surface area (Å²) in [7, 11) is 0. The monoisotopic (exact) mass is 497 g/mol. The maximum Gasteiger partial charge on any atom is 0.295 e. The molecule has 0 saturated carbocycles. The molecule has 9 heteroatoms. The Labute approximate surface area is 205 Å². The smallest absolute Gasteiger partial charge is 0.295 e. The molecular formula is C25H24ClN3O4S. The minimum atomic E-state index is -0.391. The van der Waals surface area contributed by atoms with Gasteiger partial charge in [0.1, 0.15) is 5.58 Å². The first-order valence-electron chi connectivity index (χ1n) is 11.2. The van der Waals surface area contributed by atoms with Crippen LogP contribution in [0.3, 0.4) is 0 Å². The van der Waals surface area contributed by atoms with Crippen molar-refractivity contribution in [2.24, 2.45) is 0 Å². The summed E-state index contributed by atoms with van der Waals surface area (Å²) in [5.74, 6) is -0.394. The number of aryl methyl sites for hydroxylation is 1. The van der Waals surface area contributed by atoms with Gasteiger partial charge in [-0.2, -0.15) is 0 Å². The van der Waals surface area contributed by atoms with E-state index in [2.05, 4.69) is 4.90 Å². The number of amides is 1. The van der Waals surface area contributed by atoms with Crippen molar-refractivity contribution in [3.63, 3.8) is 0 Å². The van der Waals surface area contributed by atoms with Gasteiger partial charge in [0.15, 0.2) is 16.3 Å². The second kappa shape index (κ2) is 9.84. The number of hydrogen-bond donors (Lipinski definition) is 0. The third-order valence-corrected chi connectivity index (χ3v) is 7.51. The van der Waals surface area contributed by atoms with Crippen molar-refractivity contribution in [1.29, 1.82) is 0 Å². The first kappa shape index (κ1) is 23.0. The van der Waals surface area contributed by atoms with E-state index < -0.39 is 5.91 Å². The van der Waals surface area contributed by atoms with Gasteiger partial charge in [0.25, 0.3) is 5.91 Å². The second-order valence-corrected chi connectivity index (χ2v) is 9.66. The number of morpholine rings is 1. The standard InChI is InChI=1S/C25H24ClN3O4S/c1-16-7-8-18(26)23-22(16)27-25(34-23)29(10-4-9-28-11-13-32-14-12-28)24(31)21-15-19(30)17-5-2-3-6-20(17)33-21/h2-3,5-8,15H,4,9-14H2,1H3. The Morgan fingerprint density at radius 2 is 2.00 bits per heavy atom. The number of thiazole rings is 1. The number of rotatable bonds is 6. The molecule has 2 aromatic heterocycles. The molecule has 1 aliphatic rings. The lowest BCUT2D eigenvalue weighted by Gasteiger charge is -2.27. The van der Waals surface area contributed by atoms with Crippen LogP contribution < -0.4 is 10.3 Å². The predicted molar refractivity (Wildman–Crippen MR) is 135 cm³/mol. The summed E-state index contributed by atoms with van der Waals surface area (Å²) >= 11 is 7.80. The molecule has 0 aliphatic carbocycles. The quantitative estimate of drug-likeness (QED) is 0.383. The zero-order valence-electron chi connectivity index (χ0n) is 18.8. The van der Waals surface area contributed by atoms with E-state index in [1.807, 2.05) is 19.1 Å². The maximum atomic E-state index is 13.7. The third kappa shape index (κ3) is 4.59. The summed E-state index contributed by atoms with van der Waals surface area (Å²) in [5.41, 5.74) is 1.90. The summed E-state index contributed by atoms with van der Waals surface area (Å²) in [6, 6.07) is 12.0. The number of carbonyl (C=O) groups excluding carboxylic acids is 1. The van der Waals surface area contributed by atoms with Gasteiger partial charge >= 0.3 is 0 Å². The van der Waals surface area contributed by atoms with E-state index in [-0.39, 0.29) is 11.2 Å². The van der Waals surface area contributed by atoms with Gasteiger partial charge in [0.05, 0.1) is 33.8 Å². The van der Waals surface area contributed by atoms with Crippen molar-refractivity contribution in [2.45, 2.75) is 13.3 Å². The van der Waals surface area contributed by atoms with Crippen molar-refractivity contribution < 1.29 is 13.9 Å². The Bertz CT molecular complexity index is 1370.